The van der Waals surface area contributed by atoms with Crippen molar-refractivity contribution in [1.82, 2.24) is 10.3 Å². The zero-order chi connectivity index (χ0) is 14.0. The molecule has 5 heteroatoms. The van der Waals surface area contributed by atoms with Gasteiger partial charge in [-0.15, -0.1) is 0 Å². The van der Waals surface area contributed by atoms with Gasteiger partial charge in [0.05, 0.1) is 5.02 Å². The normalized spacial score (nSPS) is 27.0. The lowest BCUT2D eigenvalue weighted by Crippen LogP contribution is -2.40. The molecule has 0 aromatic carbocycles. The lowest BCUT2D eigenvalue weighted by atomic mass is 9.80. The maximum atomic E-state index is 12.2. The molecule has 1 amide bonds. The maximum Gasteiger partial charge on any atom is 0.271 e. The molecule has 3 N–H and O–H groups in total. The Morgan fingerprint density at radius 3 is 2.58 bits per heavy atom. The summed E-state index contributed by atoms with van der Waals surface area (Å²) in [4.78, 5) is 16.2. The van der Waals surface area contributed by atoms with Crippen molar-refractivity contribution in [3.8, 4) is 0 Å². The van der Waals surface area contributed by atoms with Crippen LogP contribution in [0.4, 0.5) is 5.82 Å². The van der Waals surface area contributed by atoms with Gasteiger partial charge in [-0.1, -0.05) is 25.4 Å². The van der Waals surface area contributed by atoms with Gasteiger partial charge in [0, 0.05) is 6.04 Å². The molecule has 1 aromatic heterocycles. The highest BCUT2D eigenvalue weighted by Crippen LogP contribution is 2.28. The number of nitrogens with one attached hydrogen (secondary N) is 1. The second-order valence-corrected chi connectivity index (χ2v) is 6.06. The first kappa shape index (κ1) is 14.1. The zero-order valence-corrected chi connectivity index (χ0v) is 12.1. The number of anilines is 1. The van der Waals surface area contributed by atoms with Gasteiger partial charge in [-0.2, -0.15) is 0 Å². The molecule has 0 bridgehead atoms. The fourth-order valence-electron chi connectivity index (χ4n) is 2.94. The number of hydrogen-bond donors (Lipinski definition) is 2. The number of nitrogens with two attached hydrogens (primary N) is 1. The molecule has 1 saturated carbocycles. The average molecular weight is 282 g/mol. The standard InChI is InChI=1S/C14H20ClN3O/c1-8-5-9(2)7-10(6-8)17-14(19)13-11(15)3-4-12(16)18-13/h3-4,8-10H,5-7H2,1-2H3,(H2,16,18)(H,17,19). The van der Waals surface area contributed by atoms with Crippen LogP contribution in [0, 0.1) is 11.8 Å². The molecule has 0 radical (unpaired) electrons. The number of rotatable bonds is 2. The van der Waals surface area contributed by atoms with Gasteiger partial charge in [0.15, 0.2) is 0 Å². The van der Waals surface area contributed by atoms with E-state index in [2.05, 4.69) is 24.1 Å². The van der Waals surface area contributed by atoms with Gasteiger partial charge in [-0.05, 0) is 43.2 Å². The SMILES string of the molecule is CC1CC(C)CC(NC(=O)c2nc(N)ccc2Cl)C1. The Morgan fingerprint density at radius 2 is 1.95 bits per heavy atom. The number of halogens is 1. The Balaban J connectivity index is 2.06. The van der Waals surface area contributed by atoms with Gasteiger partial charge in [0.1, 0.15) is 11.5 Å². The molecule has 1 aliphatic rings. The zero-order valence-electron chi connectivity index (χ0n) is 11.3. The lowest BCUT2D eigenvalue weighted by molar-refractivity contribution is 0.0906. The third-order valence-corrected chi connectivity index (χ3v) is 3.90. The van der Waals surface area contributed by atoms with Gasteiger partial charge >= 0.3 is 0 Å². The van der Waals surface area contributed by atoms with Crippen molar-refractivity contribution in [2.24, 2.45) is 11.8 Å². The van der Waals surface area contributed by atoms with Crippen LogP contribution in [-0.2, 0) is 0 Å². The molecule has 2 atom stereocenters. The Labute approximate surface area is 118 Å². The summed E-state index contributed by atoms with van der Waals surface area (Å²) in [5.74, 6) is 1.35. The van der Waals surface area contributed by atoms with Crippen molar-refractivity contribution in [2.75, 3.05) is 5.73 Å². The Bertz CT molecular complexity index is 468. The molecule has 104 valence electrons. The topological polar surface area (TPSA) is 68.0 Å². The Kier molecular flexibility index (Phi) is 4.30. The first-order valence-corrected chi connectivity index (χ1v) is 7.06. The molecule has 2 rings (SSSR count). The van der Waals surface area contributed by atoms with Gasteiger partial charge in [-0.25, -0.2) is 4.98 Å². The highest BCUT2D eigenvalue weighted by Gasteiger charge is 2.26. The Morgan fingerprint density at radius 1 is 1.32 bits per heavy atom. The highest BCUT2D eigenvalue weighted by molar-refractivity contribution is 6.33. The first-order valence-electron chi connectivity index (χ1n) is 6.68. The summed E-state index contributed by atoms with van der Waals surface area (Å²) in [5, 5.41) is 3.36. The van der Waals surface area contributed by atoms with Crippen LogP contribution in [0.2, 0.25) is 5.02 Å². The van der Waals surface area contributed by atoms with E-state index in [1.165, 1.54) is 6.42 Å². The number of nitrogen functional groups attached to an aromatic ring is 1. The predicted octanol–water partition coefficient (Wildman–Crippen LogP) is 2.87. The maximum absolute atomic E-state index is 12.2. The monoisotopic (exact) mass is 281 g/mol. The van der Waals surface area contributed by atoms with E-state index >= 15 is 0 Å². The quantitative estimate of drug-likeness (QED) is 0.876. The van der Waals surface area contributed by atoms with Crippen molar-refractivity contribution < 1.29 is 4.79 Å². The van der Waals surface area contributed by atoms with Crippen LogP contribution in [0.15, 0.2) is 12.1 Å². The van der Waals surface area contributed by atoms with E-state index in [1.54, 1.807) is 12.1 Å². The molecular weight excluding hydrogens is 262 g/mol. The smallest absolute Gasteiger partial charge is 0.271 e. The highest BCUT2D eigenvalue weighted by atomic mass is 35.5. The van der Waals surface area contributed by atoms with E-state index in [0.29, 0.717) is 22.7 Å². The van der Waals surface area contributed by atoms with E-state index in [4.69, 9.17) is 17.3 Å². The van der Waals surface area contributed by atoms with Crippen LogP contribution in [0.25, 0.3) is 0 Å². The van der Waals surface area contributed by atoms with Crippen molar-refractivity contribution in [3.63, 3.8) is 0 Å². The van der Waals surface area contributed by atoms with Crippen LogP contribution in [0.3, 0.4) is 0 Å². The Hall–Kier alpha value is -1.29. The van der Waals surface area contributed by atoms with E-state index in [-0.39, 0.29) is 17.6 Å². The lowest BCUT2D eigenvalue weighted by Gasteiger charge is -2.31. The van der Waals surface area contributed by atoms with E-state index in [0.717, 1.165) is 12.8 Å². The van der Waals surface area contributed by atoms with Crippen LogP contribution < -0.4 is 11.1 Å². The molecular formula is C14H20ClN3O. The van der Waals surface area contributed by atoms with E-state index in [1.807, 2.05) is 0 Å². The number of carbonyl (C=O) groups excluding carboxylic acids is 1. The molecule has 0 aliphatic heterocycles. The summed E-state index contributed by atoms with van der Waals surface area (Å²) < 4.78 is 0. The molecule has 1 aromatic rings. The fraction of sp³-hybridized carbons (Fsp3) is 0.571. The van der Waals surface area contributed by atoms with Gasteiger partial charge in [0.25, 0.3) is 5.91 Å². The molecule has 4 nitrogen and oxygen atoms in total. The number of pyridine rings is 1. The van der Waals surface area contributed by atoms with E-state index < -0.39 is 0 Å². The van der Waals surface area contributed by atoms with Crippen LogP contribution in [0.1, 0.15) is 43.6 Å². The largest absolute Gasteiger partial charge is 0.384 e. The van der Waals surface area contributed by atoms with Gasteiger partial charge < -0.3 is 11.1 Å². The molecule has 0 spiro atoms. The van der Waals surface area contributed by atoms with Crippen LogP contribution in [-0.4, -0.2) is 16.9 Å². The number of carbonyl (C=O) groups is 1. The molecule has 1 fully saturated rings. The minimum Gasteiger partial charge on any atom is -0.384 e. The van der Waals surface area contributed by atoms with Crippen molar-refractivity contribution in [3.05, 3.63) is 22.8 Å². The fourth-order valence-corrected chi connectivity index (χ4v) is 3.13. The second kappa shape index (κ2) is 5.78. The minimum absolute atomic E-state index is 0.200. The molecule has 2 unspecified atom stereocenters. The summed E-state index contributed by atoms with van der Waals surface area (Å²) in [6.07, 6.45) is 3.25. The number of amides is 1. The summed E-state index contributed by atoms with van der Waals surface area (Å²) in [6, 6.07) is 3.39. The van der Waals surface area contributed by atoms with Crippen LogP contribution in [0.5, 0.6) is 0 Å². The second-order valence-electron chi connectivity index (χ2n) is 5.65. The number of aromatic nitrogens is 1. The van der Waals surface area contributed by atoms with Gasteiger partial charge in [-0.3, -0.25) is 4.79 Å². The minimum atomic E-state index is -0.233. The first-order chi connectivity index (χ1) is 8.95. The van der Waals surface area contributed by atoms with Crippen LogP contribution >= 0.6 is 11.6 Å². The van der Waals surface area contributed by atoms with Crippen molar-refractivity contribution in [2.45, 2.75) is 39.2 Å². The predicted molar refractivity (Wildman–Crippen MR) is 77.1 cm³/mol. The molecule has 1 aliphatic carbocycles. The molecule has 1 heterocycles. The van der Waals surface area contributed by atoms with E-state index in [9.17, 15) is 4.79 Å². The van der Waals surface area contributed by atoms with Crippen molar-refractivity contribution >= 4 is 23.3 Å². The summed E-state index contributed by atoms with van der Waals surface area (Å²) in [7, 11) is 0. The van der Waals surface area contributed by atoms with Crippen molar-refractivity contribution in [1.29, 1.82) is 0 Å². The molecule has 0 saturated heterocycles. The summed E-state index contributed by atoms with van der Waals surface area (Å²) >= 11 is 5.99. The third kappa shape index (κ3) is 3.60. The number of nitrogens with zero attached hydrogens (tertiary/aromatic N) is 1. The van der Waals surface area contributed by atoms with Gasteiger partial charge in [0.2, 0.25) is 0 Å². The summed E-state index contributed by atoms with van der Waals surface area (Å²) in [6.45, 7) is 4.45. The summed E-state index contributed by atoms with van der Waals surface area (Å²) in [5.41, 5.74) is 5.81. The molecule has 19 heavy (non-hydrogen) atoms. The average Bonchev–Trinajstić information content (AvgIpc) is 2.30. The third-order valence-electron chi connectivity index (χ3n) is 3.60. The number of hydrogen-bond acceptors (Lipinski definition) is 3.